The van der Waals surface area contributed by atoms with Gasteiger partial charge in [0, 0.05) is 24.4 Å². The van der Waals surface area contributed by atoms with Crippen molar-refractivity contribution in [3.63, 3.8) is 0 Å². The van der Waals surface area contributed by atoms with Crippen molar-refractivity contribution in [2.45, 2.75) is 45.3 Å². The molecular formula is C14H29IN4O2S. The zero-order valence-corrected chi connectivity index (χ0v) is 17.0. The molecule has 0 aliphatic carbocycles. The maximum absolute atomic E-state index is 11.8. The first kappa shape index (κ1) is 21.8. The van der Waals surface area contributed by atoms with Crippen LogP contribution in [0.3, 0.4) is 0 Å². The minimum Gasteiger partial charge on any atom is -0.387 e. The van der Waals surface area contributed by atoms with Gasteiger partial charge in [0.05, 0.1) is 5.60 Å². The van der Waals surface area contributed by atoms with Crippen molar-refractivity contribution in [3.8, 4) is 0 Å². The summed E-state index contributed by atoms with van der Waals surface area (Å²) in [5.74, 6) is 2.17. The van der Waals surface area contributed by atoms with E-state index in [9.17, 15) is 9.90 Å². The Morgan fingerprint density at radius 2 is 2.05 bits per heavy atom. The molecule has 1 rings (SSSR count). The molecule has 1 aliphatic rings. The van der Waals surface area contributed by atoms with Crippen LogP contribution in [0, 0.1) is 0 Å². The number of guanidine groups is 1. The van der Waals surface area contributed by atoms with E-state index in [4.69, 9.17) is 0 Å². The number of hydrogen-bond donors (Lipinski definition) is 4. The van der Waals surface area contributed by atoms with E-state index >= 15 is 0 Å². The molecule has 0 radical (unpaired) electrons. The Bertz CT molecular complexity index is 380. The van der Waals surface area contributed by atoms with E-state index in [-0.39, 0.29) is 42.0 Å². The van der Waals surface area contributed by atoms with Crippen LogP contribution in [-0.2, 0) is 4.79 Å². The normalized spacial score (nSPS) is 22.0. The SMILES string of the molecule is CCNC(=NCC(=O)NC(C)(C)C)NCC1(O)CCSC1.I. The molecular weight excluding hydrogens is 415 g/mol. The first-order valence-corrected chi connectivity index (χ1v) is 8.53. The maximum Gasteiger partial charge on any atom is 0.242 e. The molecule has 22 heavy (non-hydrogen) atoms. The predicted molar refractivity (Wildman–Crippen MR) is 104 cm³/mol. The molecule has 0 spiro atoms. The second-order valence-corrected chi connectivity index (χ2v) is 7.48. The van der Waals surface area contributed by atoms with Crippen molar-refractivity contribution in [2.75, 3.05) is 31.1 Å². The number of thioether (sulfide) groups is 1. The zero-order chi connectivity index (χ0) is 15.9. The average Bonchev–Trinajstić information content (AvgIpc) is 2.78. The largest absolute Gasteiger partial charge is 0.387 e. The lowest BCUT2D eigenvalue weighted by Crippen LogP contribution is -2.48. The van der Waals surface area contributed by atoms with Crippen molar-refractivity contribution in [2.24, 2.45) is 4.99 Å². The molecule has 6 nitrogen and oxygen atoms in total. The Morgan fingerprint density at radius 3 is 2.55 bits per heavy atom. The number of carbonyl (C=O) groups is 1. The first-order valence-electron chi connectivity index (χ1n) is 7.37. The van der Waals surface area contributed by atoms with Gasteiger partial charge in [0.25, 0.3) is 0 Å². The minimum atomic E-state index is -0.672. The summed E-state index contributed by atoms with van der Waals surface area (Å²) in [6.07, 6.45) is 0.786. The van der Waals surface area contributed by atoms with Crippen LogP contribution in [0.2, 0.25) is 0 Å². The highest BCUT2D eigenvalue weighted by molar-refractivity contribution is 14.0. The van der Waals surface area contributed by atoms with Crippen molar-refractivity contribution < 1.29 is 9.90 Å². The summed E-state index contributed by atoms with van der Waals surface area (Å²) in [7, 11) is 0. The summed E-state index contributed by atoms with van der Waals surface area (Å²) in [5, 5.41) is 19.4. The lowest BCUT2D eigenvalue weighted by atomic mass is 10.0. The molecule has 1 fully saturated rings. The number of carbonyl (C=O) groups excluding carboxylic acids is 1. The van der Waals surface area contributed by atoms with Crippen LogP contribution in [-0.4, -0.2) is 59.3 Å². The molecule has 1 atom stereocenters. The Labute approximate surface area is 154 Å². The number of nitrogens with zero attached hydrogens (tertiary/aromatic N) is 1. The van der Waals surface area contributed by atoms with Crippen LogP contribution in [0.25, 0.3) is 0 Å². The van der Waals surface area contributed by atoms with Gasteiger partial charge in [-0.1, -0.05) is 0 Å². The second kappa shape index (κ2) is 9.82. The van der Waals surface area contributed by atoms with Gasteiger partial charge < -0.3 is 21.1 Å². The monoisotopic (exact) mass is 444 g/mol. The number of aliphatic imine (C=N–C) groups is 1. The van der Waals surface area contributed by atoms with E-state index in [1.165, 1.54) is 0 Å². The lowest BCUT2D eigenvalue weighted by Gasteiger charge is -2.23. The fourth-order valence-electron chi connectivity index (χ4n) is 1.93. The predicted octanol–water partition coefficient (Wildman–Crippen LogP) is 0.942. The van der Waals surface area contributed by atoms with Crippen LogP contribution < -0.4 is 16.0 Å². The van der Waals surface area contributed by atoms with Crippen LogP contribution >= 0.6 is 35.7 Å². The minimum absolute atomic E-state index is 0. The standard InChI is InChI=1S/C14H28N4O2S.HI/c1-5-15-12(16-8-11(19)18-13(2,3)4)17-9-14(20)6-7-21-10-14;/h20H,5-10H2,1-4H3,(H,18,19)(H2,15,16,17);1H. The van der Waals surface area contributed by atoms with Gasteiger partial charge in [0.15, 0.2) is 5.96 Å². The van der Waals surface area contributed by atoms with E-state index in [2.05, 4.69) is 20.9 Å². The van der Waals surface area contributed by atoms with Gasteiger partial charge >= 0.3 is 0 Å². The highest BCUT2D eigenvalue weighted by atomic mass is 127. The van der Waals surface area contributed by atoms with Crippen LogP contribution in [0.5, 0.6) is 0 Å². The fraction of sp³-hybridized carbons (Fsp3) is 0.857. The molecule has 0 aromatic heterocycles. The molecule has 1 saturated heterocycles. The Balaban J connectivity index is 0.00000441. The summed E-state index contributed by atoms with van der Waals surface area (Å²) < 4.78 is 0. The number of aliphatic hydroxyl groups is 1. The second-order valence-electron chi connectivity index (χ2n) is 6.37. The van der Waals surface area contributed by atoms with Crippen LogP contribution in [0.4, 0.5) is 0 Å². The smallest absolute Gasteiger partial charge is 0.242 e. The molecule has 1 amide bonds. The quantitative estimate of drug-likeness (QED) is 0.288. The molecule has 1 aliphatic heterocycles. The van der Waals surface area contributed by atoms with Gasteiger partial charge in [-0.05, 0) is 39.9 Å². The summed E-state index contributed by atoms with van der Waals surface area (Å²) in [6.45, 7) is 9.00. The lowest BCUT2D eigenvalue weighted by molar-refractivity contribution is -0.121. The van der Waals surface area contributed by atoms with Gasteiger partial charge in [0.1, 0.15) is 6.54 Å². The van der Waals surface area contributed by atoms with Crippen molar-refractivity contribution >= 4 is 47.6 Å². The van der Waals surface area contributed by atoms with Crippen molar-refractivity contribution in [1.82, 2.24) is 16.0 Å². The zero-order valence-electron chi connectivity index (χ0n) is 13.9. The number of amides is 1. The molecule has 0 saturated carbocycles. The molecule has 0 aromatic carbocycles. The Kier molecular flexibility index (Phi) is 9.72. The highest BCUT2D eigenvalue weighted by Crippen LogP contribution is 2.26. The van der Waals surface area contributed by atoms with Gasteiger partial charge in [-0.2, -0.15) is 11.8 Å². The summed E-state index contributed by atoms with van der Waals surface area (Å²) >= 11 is 1.76. The van der Waals surface area contributed by atoms with Gasteiger partial charge in [-0.3, -0.25) is 4.79 Å². The van der Waals surface area contributed by atoms with Crippen molar-refractivity contribution in [1.29, 1.82) is 0 Å². The maximum atomic E-state index is 11.8. The van der Waals surface area contributed by atoms with Crippen LogP contribution in [0.1, 0.15) is 34.1 Å². The number of nitrogens with one attached hydrogen (secondary N) is 3. The Hall–Kier alpha value is -0.220. The van der Waals surface area contributed by atoms with Gasteiger partial charge in [0.2, 0.25) is 5.91 Å². The van der Waals surface area contributed by atoms with Gasteiger partial charge in [-0.25, -0.2) is 4.99 Å². The molecule has 4 N–H and O–H groups in total. The van der Waals surface area contributed by atoms with E-state index in [1.807, 2.05) is 27.7 Å². The number of hydrogen-bond acceptors (Lipinski definition) is 4. The highest BCUT2D eigenvalue weighted by Gasteiger charge is 2.31. The summed E-state index contributed by atoms with van der Waals surface area (Å²) in [4.78, 5) is 16.0. The number of halogens is 1. The topological polar surface area (TPSA) is 85.8 Å². The van der Waals surface area contributed by atoms with Crippen molar-refractivity contribution in [3.05, 3.63) is 0 Å². The fourth-order valence-corrected chi connectivity index (χ4v) is 3.23. The summed E-state index contributed by atoms with van der Waals surface area (Å²) in [5.41, 5.74) is -0.927. The third kappa shape index (κ3) is 9.04. The third-order valence-electron chi connectivity index (χ3n) is 2.91. The van der Waals surface area contributed by atoms with E-state index in [0.29, 0.717) is 19.0 Å². The average molecular weight is 444 g/mol. The summed E-state index contributed by atoms with van der Waals surface area (Å²) in [6, 6.07) is 0. The molecule has 1 heterocycles. The van der Waals surface area contributed by atoms with Crippen LogP contribution in [0.15, 0.2) is 4.99 Å². The molecule has 1 unspecified atom stereocenters. The molecule has 130 valence electrons. The van der Waals surface area contributed by atoms with E-state index < -0.39 is 5.60 Å². The number of rotatable bonds is 5. The van der Waals surface area contributed by atoms with E-state index in [0.717, 1.165) is 17.9 Å². The third-order valence-corrected chi connectivity index (χ3v) is 4.14. The molecule has 8 heteroatoms. The first-order chi connectivity index (χ1) is 9.74. The molecule has 0 aromatic rings. The van der Waals surface area contributed by atoms with Gasteiger partial charge in [-0.15, -0.1) is 24.0 Å². The van der Waals surface area contributed by atoms with E-state index in [1.54, 1.807) is 11.8 Å². The molecule has 0 bridgehead atoms. The Morgan fingerprint density at radius 1 is 1.36 bits per heavy atom.